The highest BCUT2D eigenvalue weighted by molar-refractivity contribution is 5.36. The zero-order chi connectivity index (χ0) is 14.5. The molecule has 2 rings (SSSR count). The third-order valence-electron chi connectivity index (χ3n) is 3.52. The second kappa shape index (κ2) is 6.62. The highest BCUT2D eigenvalue weighted by Gasteiger charge is 2.15. The SMILES string of the molecule is CCCNC(c1cncc(F)c1)c1ccc(C)c(C)c1. The van der Waals surface area contributed by atoms with Crippen molar-refractivity contribution in [2.24, 2.45) is 0 Å². The second-order valence-corrected chi connectivity index (χ2v) is 5.17. The van der Waals surface area contributed by atoms with Gasteiger partial charge in [0.25, 0.3) is 0 Å². The lowest BCUT2D eigenvalue weighted by molar-refractivity contribution is 0.580. The number of pyridine rings is 1. The van der Waals surface area contributed by atoms with E-state index in [1.807, 2.05) is 0 Å². The van der Waals surface area contributed by atoms with Crippen LogP contribution in [0.5, 0.6) is 0 Å². The van der Waals surface area contributed by atoms with E-state index in [1.165, 1.54) is 17.3 Å². The quantitative estimate of drug-likeness (QED) is 0.892. The topological polar surface area (TPSA) is 24.9 Å². The molecule has 0 fully saturated rings. The summed E-state index contributed by atoms with van der Waals surface area (Å²) in [6.45, 7) is 7.19. The molecule has 3 heteroatoms. The van der Waals surface area contributed by atoms with Crippen LogP contribution in [0.1, 0.15) is 41.6 Å². The highest BCUT2D eigenvalue weighted by Crippen LogP contribution is 2.24. The monoisotopic (exact) mass is 272 g/mol. The molecule has 0 aliphatic carbocycles. The van der Waals surface area contributed by atoms with Crippen molar-refractivity contribution in [2.75, 3.05) is 6.54 Å². The van der Waals surface area contributed by atoms with Crippen LogP contribution in [-0.2, 0) is 0 Å². The van der Waals surface area contributed by atoms with Gasteiger partial charge in [0.05, 0.1) is 12.2 Å². The van der Waals surface area contributed by atoms with Crippen LogP contribution in [0.3, 0.4) is 0 Å². The van der Waals surface area contributed by atoms with E-state index in [9.17, 15) is 4.39 Å². The molecule has 0 bridgehead atoms. The van der Waals surface area contributed by atoms with E-state index in [1.54, 1.807) is 12.3 Å². The summed E-state index contributed by atoms with van der Waals surface area (Å²) < 4.78 is 13.4. The van der Waals surface area contributed by atoms with Gasteiger partial charge in [-0.05, 0) is 55.1 Å². The molecule has 0 saturated carbocycles. The number of aromatic nitrogens is 1. The van der Waals surface area contributed by atoms with Crippen molar-refractivity contribution in [1.82, 2.24) is 10.3 Å². The number of rotatable bonds is 5. The van der Waals surface area contributed by atoms with E-state index in [2.05, 4.69) is 49.3 Å². The first kappa shape index (κ1) is 14.7. The summed E-state index contributed by atoms with van der Waals surface area (Å²) in [6, 6.07) is 7.90. The lowest BCUT2D eigenvalue weighted by atomic mass is 9.96. The molecule has 2 aromatic rings. The molecule has 0 aliphatic heterocycles. The van der Waals surface area contributed by atoms with E-state index in [-0.39, 0.29) is 11.9 Å². The molecular weight excluding hydrogens is 251 g/mol. The minimum Gasteiger partial charge on any atom is -0.306 e. The Balaban J connectivity index is 2.38. The van der Waals surface area contributed by atoms with E-state index < -0.39 is 0 Å². The number of nitrogens with zero attached hydrogens (tertiary/aromatic N) is 1. The van der Waals surface area contributed by atoms with Crippen LogP contribution in [0.15, 0.2) is 36.7 Å². The molecule has 1 unspecified atom stereocenters. The summed E-state index contributed by atoms with van der Waals surface area (Å²) in [5, 5.41) is 3.47. The van der Waals surface area contributed by atoms with Crippen molar-refractivity contribution in [3.8, 4) is 0 Å². The largest absolute Gasteiger partial charge is 0.306 e. The Hall–Kier alpha value is -1.74. The van der Waals surface area contributed by atoms with Crippen molar-refractivity contribution in [2.45, 2.75) is 33.2 Å². The molecule has 0 aliphatic rings. The molecule has 0 amide bonds. The van der Waals surface area contributed by atoms with Crippen LogP contribution in [0.2, 0.25) is 0 Å². The number of hydrogen-bond donors (Lipinski definition) is 1. The summed E-state index contributed by atoms with van der Waals surface area (Å²) in [6.07, 6.45) is 4.00. The number of hydrogen-bond acceptors (Lipinski definition) is 2. The first-order valence-electron chi connectivity index (χ1n) is 7.02. The molecule has 0 spiro atoms. The van der Waals surface area contributed by atoms with Gasteiger partial charge in [-0.2, -0.15) is 0 Å². The molecular formula is C17H21FN2. The average molecular weight is 272 g/mol. The Morgan fingerprint density at radius 3 is 2.55 bits per heavy atom. The van der Waals surface area contributed by atoms with Gasteiger partial charge in [0.2, 0.25) is 0 Å². The molecule has 20 heavy (non-hydrogen) atoms. The first-order chi connectivity index (χ1) is 9.61. The number of halogens is 1. The summed E-state index contributed by atoms with van der Waals surface area (Å²) >= 11 is 0. The second-order valence-electron chi connectivity index (χ2n) is 5.17. The Kier molecular flexibility index (Phi) is 4.85. The summed E-state index contributed by atoms with van der Waals surface area (Å²) in [4.78, 5) is 3.96. The Labute approximate surface area is 120 Å². The maximum absolute atomic E-state index is 13.4. The molecule has 1 atom stereocenters. The van der Waals surface area contributed by atoms with Gasteiger partial charge in [0.15, 0.2) is 0 Å². The Bertz CT molecular complexity index is 581. The van der Waals surface area contributed by atoms with Crippen molar-refractivity contribution in [3.63, 3.8) is 0 Å². The predicted octanol–water partition coefficient (Wildman–Crippen LogP) is 3.93. The zero-order valence-electron chi connectivity index (χ0n) is 12.3. The van der Waals surface area contributed by atoms with Crippen LogP contribution >= 0.6 is 0 Å². The molecule has 2 nitrogen and oxygen atoms in total. The Morgan fingerprint density at radius 1 is 1.10 bits per heavy atom. The lowest BCUT2D eigenvalue weighted by Gasteiger charge is -2.20. The normalized spacial score (nSPS) is 12.4. The fourth-order valence-corrected chi connectivity index (χ4v) is 2.25. The van der Waals surface area contributed by atoms with Crippen molar-refractivity contribution < 1.29 is 4.39 Å². The van der Waals surface area contributed by atoms with Gasteiger partial charge < -0.3 is 5.32 Å². The van der Waals surface area contributed by atoms with Crippen molar-refractivity contribution in [1.29, 1.82) is 0 Å². The van der Waals surface area contributed by atoms with E-state index in [0.717, 1.165) is 24.1 Å². The van der Waals surface area contributed by atoms with Gasteiger partial charge in [-0.1, -0.05) is 25.1 Å². The Morgan fingerprint density at radius 2 is 1.90 bits per heavy atom. The van der Waals surface area contributed by atoms with Gasteiger partial charge >= 0.3 is 0 Å². The van der Waals surface area contributed by atoms with Crippen LogP contribution in [-0.4, -0.2) is 11.5 Å². The summed E-state index contributed by atoms with van der Waals surface area (Å²) in [7, 11) is 0. The fourth-order valence-electron chi connectivity index (χ4n) is 2.25. The maximum atomic E-state index is 13.4. The van der Waals surface area contributed by atoms with E-state index in [4.69, 9.17) is 0 Å². The lowest BCUT2D eigenvalue weighted by Crippen LogP contribution is -2.23. The van der Waals surface area contributed by atoms with Gasteiger partial charge in [0.1, 0.15) is 5.82 Å². The fraction of sp³-hybridized carbons (Fsp3) is 0.353. The van der Waals surface area contributed by atoms with Gasteiger partial charge in [-0.3, -0.25) is 4.98 Å². The molecule has 0 saturated heterocycles. The minimum absolute atomic E-state index is 0.0163. The molecule has 1 N–H and O–H groups in total. The number of nitrogens with one attached hydrogen (secondary N) is 1. The molecule has 1 aromatic carbocycles. The van der Waals surface area contributed by atoms with Gasteiger partial charge in [-0.25, -0.2) is 4.39 Å². The van der Waals surface area contributed by atoms with Gasteiger partial charge in [0, 0.05) is 6.20 Å². The average Bonchev–Trinajstić information content (AvgIpc) is 2.43. The van der Waals surface area contributed by atoms with Crippen molar-refractivity contribution in [3.05, 3.63) is 64.7 Å². The van der Waals surface area contributed by atoms with Crippen molar-refractivity contribution >= 4 is 0 Å². The molecule has 1 aromatic heterocycles. The summed E-state index contributed by atoms with van der Waals surface area (Å²) in [5.74, 6) is -0.297. The van der Waals surface area contributed by atoms with Crippen LogP contribution in [0.4, 0.5) is 4.39 Å². The first-order valence-corrected chi connectivity index (χ1v) is 7.02. The smallest absolute Gasteiger partial charge is 0.141 e. The zero-order valence-corrected chi connectivity index (χ0v) is 12.3. The minimum atomic E-state index is -0.297. The predicted molar refractivity (Wildman–Crippen MR) is 80.2 cm³/mol. The standard InChI is InChI=1S/C17H21FN2/c1-4-7-20-17(15-9-16(18)11-19-10-15)14-6-5-12(2)13(3)8-14/h5-6,8-11,17,20H,4,7H2,1-3H3. The highest BCUT2D eigenvalue weighted by atomic mass is 19.1. The number of aryl methyl sites for hydroxylation is 2. The van der Waals surface area contributed by atoms with Crippen LogP contribution < -0.4 is 5.32 Å². The summed E-state index contributed by atoms with van der Waals surface area (Å²) in [5.41, 5.74) is 4.52. The molecule has 106 valence electrons. The third kappa shape index (κ3) is 3.42. The van der Waals surface area contributed by atoms with E-state index in [0.29, 0.717) is 0 Å². The maximum Gasteiger partial charge on any atom is 0.141 e. The van der Waals surface area contributed by atoms with Gasteiger partial charge in [-0.15, -0.1) is 0 Å². The molecule has 0 radical (unpaired) electrons. The van der Waals surface area contributed by atoms with E-state index >= 15 is 0 Å². The van der Waals surface area contributed by atoms with Crippen LogP contribution in [0, 0.1) is 19.7 Å². The number of benzene rings is 1. The van der Waals surface area contributed by atoms with Crippen LogP contribution in [0.25, 0.3) is 0 Å². The molecule has 1 heterocycles. The third-order valence-corrected chi connectivity index (χ3v) is 3.52.